The van der Waals surface area contributed by atoms with E-state index in [0.29, 0.717) is 9.90 Å². The molecule has 138 valence electrons. The lowest BCUT2D eigenvalue weighted by Gasteiger charge is -2.13. The zero-order valence-corrected chi connectivity index (χ0v) is 15.9. The molecule has 2 rings (SSSR count). The van der Waals surface area contributed by atoms with Crippen LogP contribution < -0.4 is 10.6 Å². The zero-order chi connectivity index (χ0) is 19.1. The smallest absolute Gasteiger partial charge is 0.340 e. The summed E-state index contributed by atoms with van der Waals surface area (Å²) in [6, 6.07) is 7.84. The van der Waals surface area contributed by atoms with Crippen molar-refractivity contribution in [3.05, 3.63) is 51.2 Å². The van der Waals surface area contributed by atoms with Gasteiger partial charge in [-0.2, -0.15) is 0 Å². The second kappa shape index (κ2) is 9.35. The Bertz CT molecular complexity index is 792. The van der Waals surface area contributed by atoms with Gasteiger partial charge in [-0.3, -0.25) is 9.59 Å². The van der Waals surface area contributed by atoms with E-state index in [9.17, 15) is 14.4 Å². The van der Waals surface area contributed by atoms with Crippen LogP contribution in [0.1, 0.15) is 40.3 Å². The van der Waals surface area contributed by atoms with Gasteiger partial charge >= 0.3 is 5.97 Å². The van der Waals surface area contributed by atoms with Crippen molar-refractivity contribution in [1.82, 2.24) is 5.32 Å². The third-order valence-electron chi connectivity index (χ3n) is 3.55. The molecule has 2 N–H and O–H groups in total. The average molecular weight is 395 g/mol. The number of carbonyl (C=O) groups is 3. The fourth-order valence-electron chi connectivity index (χ4n) is 2.02. The van der Waals surface area contributed by atoms with Gasteiger partial charge < -0.3 is 15.4 Å². The Morgan fingerprint density at radius 3 is 2.69 bits per heavy atom. The van der Waals surface area contributed by atoms with Gasteiger partial charge in [0.05, 0.1) is 16.1 Å². The maximum atomic E-state index is 12.3. The number of thiophene rings is 1. The summed E-state index contributed by atoms with van der Waals surface area (Å²) in [7, 11) is 0. The Morgan fingerprint density at radius 1 is 1.27 bits per heavy atom. The molecule has 0 aliphatic carbocycles. The Labute approximate surface area is 160 Å². The van der Waals surface area contributed by atoms with Gasteiger partial charge in [-0.25, -0.2) is 4.79 Å². The summed E-state index contributed by atoms with van der Waals surface area (Å²) in [5, 5.41) is 7.49. The molecule has 0 saturated heterocycles. The zero-order valence-electron chi connectivity index (χ0n) is 14.4. The second-order valence-corrected chi connectivity index (χ2v) is 6.96. The highest BCUT2D eigenvalue weighted by Gasteiger charge is 2.18. The number of amides is 2. The van der Waals surface area contributed by atoms with E-state index in [0.717, 1.165) is 6.42 Å². The molecule has 0 fully saturated rings. The number of hydrogen-bond donors (Lipinski definition) is 2. The molecule has 1 atom stereocenters. The third kappa shape index (κ3) is 5.57. The van der Waals surface area contributed by atoms with Gasteiger partial charge in [-0.15, -0.1) is 11.3 Å². The quantitative estimate of drug-likeness (QED) is 0.701. The topological polar surface area (TPSA) is 84.5 Å². The Morgan fingerprint density at radius 2 is 2.04 bits per heavy atom. The normalized spacial score (nSPS) is 11.5. The minimum atomic E-state index is -0.720. The van der Waals surface area contributed by atoms with Gasteiger partial charge in [-0.1, -0.05) is 24.6 Å². The van der Waals surface area contributed by atoms with E-state index in [1.54, 1.807) is 17.5 Å². The van der Waals surface area contributed by atoms with Crippen molar-refractivity contribution >= 4 is 46.4 Å². The Kier molecular flexibility index (Phi) is 7.17. The first-order valence-corrected chi connectivity index (χ1v) is 9.27. The van der Waals surface area contributed by atoms with E-state index in [2.05, 4.69) is 10.6 Å². The van der Waals surface area contributed by atoms with E-state index < -0.39 is 12.6 Å². The molecule has 1 aromatic heterocycles. The SMILES string of the molecule is CC[C@@H](C)NC(=O)COC(=O)c1ccc(Cl)cc1NC(=O)c1cccs1. The standard InChI is InChI=1S/C18H19ClN2O4S/c1-3-11(2)20-16(22)10-25-18(24)13-7-6-12(19)9-14(13)21-17(23)15-5-4-8-26-15/h4-9,11H,3,10H2,1-2H3,(H,20,22)(H,21,23)/t11-/m1/s1. The number of rotatable bonds is 7. The highest BCUT2D eigenvalue weighted by molar-refractivity contribution is 7.12. The minimum Gasteiger partial charge on any atom is -0.452 e. The number of ether oxygens (including phenoxy) is 1. The molecule has 1 aromatic carbocycles. The second-order valence-electron chi connectivity index (χ2n) is 5.57. The van der Waals surface area contributed by atoms with E-state index in [-0.39, 0.29) is 29.1 Å². The van der Waals surface area contributed by atoms with Gasteiger partial charge in [-0.05, 0) is 43.0 Å². The Hall–Kier alpha value is -2.38. The van der Waals surface area contributed by atoms with Crippen molar-refractivity contribution in [3.63, 3.8) is 0 Å². The third-order valence-corrected chi connectivity index (χ3v) is 4.65. The number of benzene rings is 1. The van der Waals surface area contributed by atoms with E-state index >= 15 is 0 Å². The van der Waals surface area contributed by atoms with Crippen LogP contribution in [-0.2, 0) is 9.53 Å². The molecule has 26 heavy (non-hydrogen) atoms. The van der Waals surface area contributed by atoms with Crippen molar-refractivity contribution in [1.29, 1.82) is 0 Å². The van der Waals surface area contributed by atoms with Crippen LogP contribution in [0.2, 0.25) is 5.02 Å². The molecular weight excluding hydrogens is 376 g/mol. The molecule has 0 aliphatic heterocycles. The van der Waals surface area contributed by atoms with Crippen LogP contribution in [-0.4, -0.2) is 30.4 Å². The fourth-order valence-corrected chi connectivity index (χ4v) is 2.81. The first-order valence-electron chi connectivity index (χ1n) is 8.01. The van der Waals surface area contributed by atoms with Crippen LogP contribution in [0.15, 0.2) is 35.7 Å². The molecule has 8 heteroatoms. The largest absolute Gasteiger partial charge is 0.452 e. The molecule has 2 amide bonds. The van der Waals surface area contributed by atoms with Crippen LogP contribution in [0.4, 0.5) is 5.69 Å². The Balaban J connectivity index is 2.07. The summed E-state index contributed by atoms with van der Waals surface area (Å²) in [6.07, 6.45) is 0.774. The summed E-state index contributed by atoms with van der Waals surface area (Å²) < 4.78 is 5.05. The summed E-state index contributed by atoms with van der Waals surface area (Å²) >= 11 is 7.24. The van der Waals surface area contributed by atoms with Crippen molar-refractivity contribution in [2.75, 3.05) is 11.9 Å². The highest BCUT2D eigenvalue weighted by atomic mass is 35.5. The number of anilines is 1. The van der Waals surface area contributed by atoms with Gasteiger partial charge in [0.2, 0.25) is 0 Å². The molecule has 6 nitrogen and oxygen atoms in total. The maximum Gasteiger partial charge on any atom is 0.340 e. The van der Waals surface area contributed by atoms with Crippen LogP contribution in [0.25, 0.3) is 0 Å². The first kappa shape index (κ1) is 19.9. The molecule has 0 unspecified atom stereocenters. The lowest BCUT2D eigenvalue weighted by Crippen LogP contribution is -2.35. The van der Waals surface area contributed by atoms with Crippen LogP contribution in [0.5, 0.6) is 0 Å². The summed E-state index contributed by atoms with van der Waals surface area (Å²) in [5.74, 6) is -1.46. The lowest BCUT2D eigenvalue weighted by molar-refractivity contribution is -0.124. The monoisotopic (exact) mass is 394 g/mol. The molecule has 0 radical (unpaired) electrons. The van der Waals surface area contributed by atoms with E-state index in [1.807, 2.05) is 13.8 Å². The number of esters is 1. The average Bonchev–Trinajstić information content (AvgIpc) is 3.14. The molecule has 0 bridgehead atoms. The number of carbonyl (C=O) groups excluding carboxylic acids is 3. The van der Waals surface area contributed by atoms with Gasteiger partial charge in [0.25, 0.3) is 11.8 Å². The molecule has 0 aliphatic rings. The molecular formula is C18H19ClN2O4S. The van der Waals surface area contributed by atoms with Gasteiger partial charge in [0.15, 0.2) is 6.61 Å². The number of halogens is 1. The summed E-state index contributed by atoms with van der Waals surface area (Å²) in [5.41, 5.74) is 0.346. The van der Waals surface area contributed by atoms with Crippen molar-refractivity contribution in [3.8, 4) is 0 Å². The fraction of sp³-hybridized carbons (Fsp3) is 0.278. The lowest BCUT2D eigenvalue weighted by atomic mass is 10.1. The molecule has 0 spiro atoms. The predicted octanol–water partition coefficient (Wildman–Crippen LogP) is 3.73. The summed E-state index contributed by atoms with van der Waals surface area (Å²) in [6.45, 7) is 3.40. The van der Waals surface area contributed by atoms with Crippen molar-refractivity contribution < 1.29 is 19.1 Å². The van der Waals surface area contributed by atoms with Crippen LogP contribution in [0, 0.1) is 0 Å². The van der Waals surface area contributed by atoms with E-state index in [1.165, 1.54) is 29.5 Å². The minimum absolute atomic E-state index is 0.00243. The van der Waals surface area contributed by atoms with Crippen molar-refractivity contribution in [2.24, 2.45) is 0 Å². The highest BCUT2D eigenvalue weighted by Crippen LogP contribution is 2.23. The van der Waals surface area contributed by atoms with Gasteiger partial charge in [0.1, 0.15) is 0 Å². The van der Waals surface area contributed by atoms with E-state index in [4.69, 9.17) is 16.3 Å². The molecule has 0 saturated carbocycles. The van der Waals surface area contributed by atoms with Crippen LogP contribution in [0.3, 0.4) is 0 Å². The first-order chi connectivity index (χ1) is 12.4. The predicted molar refractivity (Wildman–Crippen MR) is 102 cm³/mol. The van der Waals surface area contributed by atoms with Crippen LogP contribution >= 0.6 is 22.9 Å². The molecule has 1 heterocycles. The van der Waals surface area contributed by atoms with Gasteiger partial charge in [0, 0.05) is 11.1 Å². The number of hydrogen-bond acceptors (Lipinski definition) is 5. The summed E-state index contributed by atoms with van der Waals surface area (Å²) in [4.78, 5) is 36.8. The van der Waals surface area contributed by atoms with Crippen molar-refractivity contribution in [2.45, 2.75) is 26.3 Å². The number of nitrogens with one attached hydrogen (secondary N) is 2. The maximum absolute atomic E-state index is 12.3. The molecule has 2 aromatic rings.